The molecule has 0 aliphatic heterocycles. The lowest BCUT2D eigenvalue weighted by molar-refractivity contribution is -0.116. The maximum atomic E-state index is 12.4. The Morgan fingerprint density at radius 3 is 2.40 bits per heavy atom. The van der Waals surface area contributed by atoms with E-state index in [4.69, 9.17) is 0 Å². The van der Waals surface area contributed by atoms with Crippen molar-refractivity contribution in [3.63, 3.8) is 0 Å². The molecule has 0 aromatic heterocycles. The van der Waals surface area contributed by atoms with E-state index in [9.17, 15) is 18.0 Å². The van der Waals surface area contributed by atoms with Crippen LogP contribution in [0.1, 0.15) is 42.6 Å². The maximum absolute atomic E-state index is 12.4. The van der Waals surface area contributed by atoms with Crippen LogP contribution >= 0.6 is 0 Å². The summed E-state index contributed by atoms with van der Waals surface area (Å²) < 4.78 is 25.7. The van der Waals surface area contributed by atoms with Gasteiger partial charge >= 0.3 is 0 Å². The summed E-state index contributed by atoms with van der Waals surface area (Å²) in [6.07, 6.45) is 1.62. The second-order valence-electron chi connectivity index (χ2n) is 7.50. The lowest BCUT2D eigenvalue weighted by Crippen LogP contribution is -2.32. The number of aryl methyl sites for hydroxylation is 1. The number of hydrogen-bond donors (Lipinski definition) is 2. The van der Waals surface area contributed by atoms with Gasteiger partial charge in [0.1, 0.15) is 0 Å². The Bertz CT molecular complexity index is 1000. The number of carbonyl (C=O) groups is 2. The van der Waals surface area contributed by atoms with Crippen LogP contribution in [-0.4, -0.2) is 39.1 Å². The third kappa shape index (κ3) is 6.88. The van der Waals surface area contributed by atoms with Gasteiger partial charge in [0.25, 0.3) is 5.91 Å². The van der Waals surface area contributed by atoms with E-state index in [1.165, 1.54) is 4.31 Å². The average Bonchev–Trinajstić information content (AvgIpc) is 2.64. The molecule has 2 aromatic carbocycles. The van der Waals surface area contributed by atoms with Gasteiger partial charge in [-0.3, -0.25) is 13.9 Å². The van der Waals surface area contributed by atoms with Crippen LogP contribution in [0, 0.1) is 6.92 Å². The zero-order valence-electron chi connectivity index (χ0n) is 17.8. The number of carbonyl (C=O) groups excluding carboxylic acids is 2. The van der Waals surface area contributed by atoms with E-state index in [0.717, 1.165) is 11.8 Å². The third-order valence-corrected chi connectivity index (χ3v) is 5.51. The predicted octanol–water partition coefficient (Wildman–Crippen LogP) is 3.32. The van der Waals surface area contributed by atoms with Gasteiger partial charge in [-0.2, -0.15) is 0 Å². The molecule has 2 amide bonds. The molecule has 8 heteroatoms. The van der Waals surface area contributed by atoms with Crippen molar-refractivity contribution in [2.24, 2.45) is 0 Å². The van der Waals surface area contributed by atoms with Crippen molar-refractivity contribution in [3.8, 4) is 0 Å². The minimum atomic E-state index is -3.47. The first-order valence-electron chi connectivity index (χ1n) is 9.82. The van der Waals surface area contributed by atoms with Crippen molar-refractivity contribution < 1.29 is 18.0 Å². The molecule has 7 nitrogen and oxygen atoms in total. The van der Waals surface area contributed by atoms with Gasteiger partial charge in [-0.15, -0.1) is 0 Å². The molecule has 0 unspecified atom stereocenters. The molecule has 2 rings (SSSR count). The Kier molecular flexibility index (Phi) is 8.00. The van der Waals surface area contributed by atoms with E-state index in [1.807, 2.05) is 26.8 Å². The Morgan fingerprint density at radius 2 is 1.77 bits per heavy atom. The summed E-state index contributed by atoms with van der Waals surface area (Å²) >= 11 is 0. The van der Waals surface area contributed by atoms with Crippen molar-refractivity contribution in [1.82, 2.24) is 5.32 Å². The first-order valence-corrected chi connectivity index (χ1v) is 11.7. The molecule has 2 aromatic rings. The van der Waals surface area contributed by atoms with Gasteiger partial charge in [0, 0.05) is 19.0 Å². The molecule has 0 saturated carbocycles. The van der Waals surface area contributed by atoms with E-state index < -0.39 is 10.0 Å². The number of nitrogens with zero attached hydrogens (tertiary/aromatic N) is 1. The second-order valence-corrected chi connectivity index (χ2v) is 9.41. The van der Waals surface area contributed by atoms with Crippen LogP contribution in [0.15, 0.2) is 48.5 Å². The molecule has 0 atom stereocenters. The number of amides is 2. The first kappa shape index (κ1) is 23.4. The van der Waals surface area contributed by atoms with Gasteiger partial charge in [0.2, 0.25) is 15.9 Å². The van der Waals surface area contributed by atoms with Crippen LogP contribution in [0.2, 0.25) is 0 Å². The number of hydrogen-bond acceptors (Lipinski definition) is 4. The van der Waals surface area contributed by atoms with E-state index in [-0.39, 0.29) is 30.8 Å². The van der Waals surface area contributed by atoms with Crippen molar-refractivity contribution in [3.05, 3.63) is 59.7 Å². The molecule has 0 radical (unpaired) electrons. The molecule has 0 saturated heterocycles. The molecule has 0 spiro atoms. The van der Waals surface area contributed by atoms with E-state index >= 15 is 0 Å². The molecular formula is C22H29N3O4S. The Balaban J connectivity index is 2.02. The third-order valence-electron chi connectivity index (χ3n) is 4.32. The molecule has 0 fully saturated rings. The van der Waals surface area contributed by atoms with E-state index in [0.29, 0.717) is 23.4 Å². The Hall–Kier alpha value is -2.87. The molecule has 0 aliphatic carbocycles. The zero-order valence-corrected chi connectivity index (χ0v) is 18.6. The highest BCUT2D eigenvalue weighted by molar-refractivity contribution is 7.92. The molecule has 162 valence electrons. The van der Waals surface area contributed by atoms with E-state index in [2.05, 4.69) is 10.6 Å². The summed E-state index contributed by atoms with van der Waals surface area (Å²) in [6.45, 7) is 5.80. The summed E-state index contributed by atoms with van der Waals surface area (Å²) in [4.78, 5) is 24.7. The minimum Gasteiger partial charge on any atom is -0.350 e. The Morgan fingerprint density at radius 1 is 1.07 bits per heavy atom. The largest absolute Gasteiger partial charge is 0.350 e. The zero-order chi connectivity index (χ0) is 22.3. The molecule has 0 heterocycles. The number of rotatable bonds is 9. The number of benzene rings is 2. The van der Waals surface area contributed by atoms with E-state index in [1.54, 1.807) is 42.5 Å². The molecule has 0 aliphatic rings. The van der Waals surface area contributed by atoms with Crippen molar-refractivity contribution in [1.29, 1.82) is 0 Å². The van der Waals surface area contributed by atoms with Crippen molar-refractivity contribution in [2.45, 2.75) is 39.7 Å². The lowest BCUT2D eigenvalue weighted by atomic mass is 10.1. The Labute approximate surface area is 178 Å². The van der Waals surface area contributed by atoms with Crippen LogP contribution in [0.5, 0.6) is 0 Å². The van der Waals surface area contributed by atoms with Gasteiger partial charge in [-0.05, 0) is 57.0 Å². The van der Waals surface area contributed by atoms with Gasteiger partial charge in [-0.1, -0.05) is 24.3 Å². The first-order chi connectivity index (χ1) is 14.1. The van der Waals surface area contributed by atoms with Crippen molar-refractivity contribution >= 4 is 33.2 Å². The SMILES string of the molecule is Cc1cccc(N(CCCC(=O)Nc2ccccc2C(=O)NC(C)C)S(C)(=O)=O)c1. The highest BCUT2D eigenvalue weighted by Crippen LogP contribution is 2.20. The van der Waals surface area contributed by atoms with Crippen LogP contribution in [0.4, 0.5) is 11.4 Å². The summed E-state index contributed by atoms with van der Waals surface area (Å²) in [5.41, 5.74) is 2.35. The van der Waals surface area contributed by atoms with Crippen LogP contribution in [0.3, 0.4) is 0 Å². The molecule has 0 bridgehead atoms. The van der Waals surface area contributed by atoms with Gasteiger partial charge < -0.3 is 10.6 Å². The van der Waals surface area contributed by atoms with Crippen LogP contribution in [-0.2, 0) is 14.8 Å². The number of sulfonamides is 1. The van der Waals surface area contributed by atoms with Crippen LogP contribution in [0.25, 0.3) is 0 Å². The number of para-hydroxylation sites is 1. The normalized spacial score (nSPS) is 11.2. The van der Waals surface area contributed by atoms with Gasteiger partial charge in [0.15, 0.2) is 0 Å². The smallest absolute Gasteiger partial charge is 0.253 e. The van der Waals surface area contributed by atoms with Gasteiger partial charge in [-0.25, -0.2) is 8.42 Å². The fourth-order valence-corrected chi connectivity index (χ4v) is 3.95. The second kappa shape index (κ2) is 10.2. The monoisotopic (exact) mass is 431 g/mol. The fourth-order valence-electron chi connectivity index (χ4n) is 3.00. The lowest BCUT2D eigenvalue weighted by Gasteiger charge is -2.22. The summed E-state index contributed by atoms with van der Waals surface area (Å²) in [7, 11) is -3.47. The fraction of sp³-hybridized carbons (Fsp3) is 0.364. The maximum Gasteiger partial charge on any atom is 0.253 e. The number of anilines is 2. The minimum absolute atomic E-state index is 0.0233. The van der Waals surface area contributed by atoms with Crippen LogP contribution < -0.4 is 14.9 Å². The van der Waals surface area contributed by atoms with Gasteiger partial charge in [0.05, 0.1) is 23.2 Å². The molecular weight excluding hydrogens is 402 g/mol. The predicted molar refractivity (Wildman–Crippen MR) is 120 cm³/mol. The summed E-state index contributed by atoms with van der Waals surface area (Å²) in [5.74, 6) is -0.541. The molecule has 2 N–H and O–H groups in total. The highest BCUT2D eigenvalue weighted by atomic mass is 32.2. The topological polar surface area (TPSA) is 95.6 Å². The summed E-state index contributed by atoms with van der Waals surface area (Å²) in [5, 5.41) is 5.56. The highest BCUT2D eigenvalue weighted by Gasteiger charge is 2.18. The molecule has 30 heavy (non-hydrogen) atoms. The standard InChI is InChI=1S/C22H29N3O4S/c1-16(2)23-22(27)19-11-5-6-12-20(19)24-21(26)13-8-14-25(30(4,28)29)18-10-7-9-17(3)15-18/h5-7,9-12,15-16H,8,13-14H2,1-4H3,(H,23,27)(H,24,26). The summed E-state index contributed by atoms with van der Waals surface area (Å²) in [6, 6.07) is 14.0. The van der Waals surface area contributed by atoms with Crippen molar-refractivity contribution in [2.75, 3.05) is 22.4 Å². The quantitative estimate of drug-likeness (QED) is 0.637. The average molecular weight is 432 g/mol. The number of nitrogens with one attached hydrogen (secondary N) is 2.